The van der Waals surface area contributed by atoms with Crippen molar-refractivity contribution >= 4 is 17.7 Å². The standard InChI is InChI=1S/C12H15N3O3/c13-11(18)15-9-3-1-2-7-6-12(14,10(16)17)5-4-8(7)9/h1-3H,4-6,14H2,(H,16,17)(H3,13,15,18). The van der Waals surface area contributed by atoms with Gasteiger partial charge in [-0.15, -0.1) is 0 Å². The number of anilines is 1. The number of carbonyl (C=O) groups is 2. The maximum absolute atomic E-state index is 11.1. The smallest absolute Gasteiger partial charge is 0.324 e. The van der Waals surface area contributed by atoms with Gasteiger partial charge in [0.2, 0.25) is 0 Å². The maximum Gasteiger partial charge on any atom is 0.324 e. The molecule has 1 aliphatic carbocycles. The lowest BCUT2D eigenvalue weighted by atomic mass is 9.78. The number of hydrogen-bond acceptors (Lipinski definition) is 3. The fourth-order valence-corrected chi connectivity index (χ4v) is 2.30. The molecule has 6 N–H and O–H groups in total. The van der Waals surface area contributed by atoms with Crippen LogP contribution in [0.5, 0.6) is 0 Å². The molecule has 0 aliphatic heterocycles. The van der Waals surface area contributed by atoms with Crippen molar-refractivity contribution in [3.05, 3.63) is 29.3 Å². The Hall–Kier alpha value is -2.08. The van der Waals surface area contributed by atoms with Gasteiger partial charge in [0.05, 0.1) is 0 Å². The largest absolute Gasteiger partial charge is 0.480 e. The second kappa shape index (κ2) is 4.30. The zero-order valence-electron chi connectivity index (χ0n) is 9.77. The van der Waals surface area contributed by atoms with Gasteiger partial charge < -0.3 is 21.9 Å². The van der Waals surface area contributed by atoms with Crippen LogP contribution in [-0.2, 0) is 17.6 Å². The van der Waals surface area contributed by atoms with Crippen LogP contribution in [0, 0.1) is 0 Å². The van der Waals surface area contributed by atoms with Crippen molar-refractivity contribution in [2.75, 3.05) is 5.32 Å². The topological polar surface area (TPSA) is 118 Å². The summed E-state index contributed by atoms with van der Waals surface area (Å²) in [6.45, 7) is 0. The molecular weight excluding hydrogens is 234 g/mol. The Morgan fingerprint density at radius 2 is 2.11 bits per heavy atom. The molecule has 0 saturated heterocycles. The van der Waals surface area contributed by atoms with E-state index >= 15 is 0 Å². The van der Waals surface area contributed by atoms with Crippen LogP contribution in [0.1, 0.15) is 17.5 Å². The number of aliphatic carboxylic acids is 1. The van der Waals surface area contributed by atoms with Gasteiger partial charge >= 0.3 is 12.0 Å². The van der Waals surface area contributed by atoms with Gasteiger partial charge in [-0.05, 0) is 30.0 Å². The van der Waals surface area contributed by atoms with Crippen molar-refractivity contribution in [1.29, 1.82) is 0 Å². The normalized spacial score (nSPS) is 22.1. The number of fused-ring (bicyclic) bond motifs is 1. The summed E-state index contributed by atoms with van der Waals surface area (Å²) < 4.78 is 0. The second-order valence-electron chi connectivity index (χ2n) is 4.57. The number of hydrogen-bond donors (Lipinski definition) is 4. The van der Waals surface area contributed by atoms with Gasteiger partial charge in [0, 0.05) is 12.1 Å². The van der Waals surface area contributed by atoms with E-state index in [1.54, 1.807) is 12.1 Å². The van der Waals surface area contributed by atoms with E-state index in [9.17, 15) is 9.59 Å². The molecule has 18 heavy (non-hydrogen) atoms. The average molecular weight is 249 g/mol. The highest BCUT2D eigenvalue weighted by Crippen LogP contribution is 2.32. The lowest BCUT2D eigenvalue weighted by Gasteiger charge is -2.31. The molecule has 0 heterocycles. The molecule has 0 saturated carbocycles. The molecule has 0 spiro atoms. The van der Waals surface area contributed by atoms with Gasteiger partial charge in [-0.1, -0.05) is 12.1 Å². The number of primary amides is 1. The van der Waals surface area contributed by atoms with Crippen LogP contribution < -0.4 is 16.8 Å². The Kier molecular flexibility index (Phi) is 2.96. The lowest BCUT2D eigenvalue weighted by Crippen LogP contribution is -2.52. The van der Waals surface area contributed by atoms with E-state index in [2.05, 4.69) is 5.32 Å². The number of carboxylic acid groups (broad SMARTS) is 1. The van der Waals surface area contributed by atoms with Crippen molar-refractivity contribution in [3.8, 4) is 0 Å². The molecule has 0 radical (unpaired) electrons. The van der Waals surface area contributed by atoms with Crippen LogP contribution in [0.3, 0.4) is 0 Å². The molecule has 0 aromatic heterocycles. The van der Waals surface area contributed by atoms with Gasteiger partial charge in [-0.3, -0.25) is 4.79 Å². The molecule has 2 rings (SSSR count). The van der Waals surface area contributed by atoms with Crippen LogP contribution in [0.4, 0.5) is 10.5 Å². The number of urea groups is 1. The summed E-state index contributed by atoms with van der Waals surface area (Å²) in [6.07, 6.45) is 1.10. The molecular formula is C12H15N3O3. The first-order valence-corrected chi connectivity index (χ1v) is 5.62. The van der Waals surface area contributed by atoms with E-state index in [1.807, 2.05) is 6.07 Å². The summed E-state index contributed by atoms with van der Waals surface area (Å²) in [7, 11) is 0. The molecule has 96 valence electrons. The summed E-state index contributed by atoms with van der Waals surface area (Å²) in [5.41, 5.74) is 12.1. The van der Waals surface area contributed by atoms with Crippen molar-refractivity contribution in [3.63, 3.8) is 0 Å². The highest BCUT2D eigenvalue weighted by atomic mass is 16.4. The molecule has 1 unspecified atom stereocenters. The average Bonchev–Trinajstić information content (AvgIpc) is 2.28. The van der Waals surface area contributed by atoms with E-state index in [4.69, 9.17) is 16.6 Å². The third kappa shape index (κ3) is 2.14. The number of nitrogens with two attached hydrogens (primary N) is 2. The first-order valence-electron chi connectivity index (χ1n) is 5.62. The van der Waals surface area contributed by atoms with E-state index < -0.39 is 17.5 Å². The van der Waals surface area contributed by atoms with Gasteiger partial charge in [0.25, 0.3) is 0 Å². The quantitative estimate of drug-likeness (QED) is 0.608. The van der Waals surface area contributed by atoms with Crippen LogP contribution in [0.15, 0.2) is 18.2 Å². The number of nitrogens with one attached hydrogen (secondary N) is 1. The van der Waals surface area contributed by atoms with Gasteiger partial charge in [0.15, 0.2) is 0 Å². The Bertz CT molecular complexity index is 515. The second-order valence-corrected chi connectivity index (χ2v) is 4.57. The van der Waals surface area contributed by atoms with Crippen molar-refractivity contribution in [2.24, 2.45) is 11.5 Å². The molecule has 1 aromatic rings. The number of carbonyl (C=O) groups excluding carboxylic acids is 1. The van der Waals surface area contributed by atoms with E-state index in [0.717, 1.165) is 11.1 Å². The molecule has 0 bridgehead atoms. The SMILES string of the molecule is NC(=O)Nc1cccc2c1CCC(N)(C(=O)O)C2. The number of amides is 2. The number of rotatable bonds is 2. The van der Waals surface area contributed by atoms with Gasteiger partial charge in [-0.2, -0.15) is 0 Å². The minimum Gasteiger partial charge on any atom is -0.480 e. The molecule has 1 aliphatic rings. The summed E-state index contributed by atoms with van der Waals surface area (Å²) >= 11 is 0. The van der Waals surface area contributed by atoms with Crippen molar-refractivity contribution in [2.45, 2.75) is 24.8 Å². The van der Waals surface area contributed by atoms with Crippen molar-refractivity contribution < 1.29 is 14.7 Å². The Morgan fingerprint density at radius 3 is 2.72 bits per heavy atom. The fraction of sp³-hybridized carbons (Fsp3) is 0.333. The molecule has 1 atom stereocenters. The minimum absolute atomic E-state index is 0.256. The molecule has 0 fully saturated rings. The van der Waals surface area contributed by atoms with Crippen LogP contribution in [-0.4, -0.2) is 22.6 Å². The maximum atomic E-state index is 11.1. The van der Waals surface area contributed by atoms with E-state index in [-0.39, 0.29) is 6.42 Å². The van der Waals surface area contributed by atoms with Crippen molar-refractivity contribution in [1.82, 2.24) is 0 Å². The predicted molar refractivity (Wildman–Crippen MR) is 66.2 cm³/mol. The molecule has 6 nitrogen and oxygen atoms in total. The number of benzene rings is 1. The van der Waals surface area contributed by atoms with Gasteiger partial charge in [0.1, 0.15) is 5.54 Å². The summed E-state index contributed by atoms with van der Waals surface area (Å²) in [4.78, 5) is 22.0. The zero-order chi connectivity index (χ0) is 13.3. The van der Waals surface area contributed by atoms with Crippen LogP contribution in [0.2, 0.25) is 0 Å². The Morgan fingerprint density at radius 1 is 1.39 bits per heavy atom. The lowest BCUT2D eigenvalue weighted by molar-refractivity contribution is -0.143. The predicted octanol–water partition coefficient (Wildman–Crippen LogP) is 0.448. The zero-order valence-corrected chi connectivity index (χ0v) is 9.77. The summed E-state index contributed by atoms with van der Waals surface area (Å²) in [5, 5.41) is 11.7. The molecule has 6 heteroatoms. The molecule has 2 amide bonds. The Labute approximate surface area is 104 Å². The third-order valence-corrected chi connectivity index (χ3v) is 3.28. The van der Waals surface area contributed by atoms with Gasteiger partial charge in [-0.25, -0.2) is 4.79 Å². The highest BCUT2D eigenvalue weighted by Gasteiger charge is 2.38. The highest BCUT2D eigenvalue weighted by molar-refractivity contribution is 5.89. The number of carboxylic acids is 1. The Balaban J connectivity index is 2.35. The fourth-order valence-electron chi connectivity index (χ4n) is 2.30. The van der Waals surface area contributed by atoms with Crippen LogP contribution >= 0.6 is 0 Å². The first kappa shape index (κ1) is 12.4. The van der Waals surface area contributed by atoms with Crippen LogP contribution in [0.25, 0.3) is 0 Å². The monoisotopic (exact) mass is 249 g/mol. The molecule has 1 aromatic carbocycles. The minimum atomic E-state index is -1.22. The summed E-state index contributed by atoms with van der Waals surface area (Å²) in [5.74, 6) is -0.999. The first-order chi connectivity index (χ1) is 8.42. The third-order valence-electron chi connectivity index (χ3n) is 3.28. The van der Waals surface area contributed by atoms with E-state index in [1.165, 1.54) is 0 Å². The van der Waals surface area contributed by atoms with E-state index in [0.29, 0.717) is 18.5 Å². The summed E-state index contributed by atoms with van der Waals surface area (Å²) in [6, 6.07) is 4.68.